The molecule has 1 aliphatic rings. The fourth-order valence-electron chi connectivity index (χ4n) is 3.57. The number of benzene rings is 2. The van der Waals surface area contributed by atoms with Crippen LogP contribution in [0.3, 0.4) is 0 Å². The smallest absolute Gasteiger partial charge is 0.243 e. The number of carbonyl (C=O) groups is 2. The van der Waals surface area contributed by atoms with Crippen LogP contribution < -0.4 is 9.62 Å². The van der Waals surface area contributed by atoms with Crippen molar-refractivity contribution in [2.75, 3.05) is 30.2 Å². The monoisotopic (exact) mass is 463 g/mol. The largest absolute Gasteiger partial charge is 0.352 e. The molecule has 1 aliphatic heterocycles. The highest BCUT2D eigenvalue weighted by atomic mass is 35.5. The van der Waals surface area contributed by atoms with E-state index in [1.807, 2.05) is 30.3 Å². The number of rotatable bonds is 7. The number of likely N-dealkylation sites (tertiary alicyclic amines) is 1. The molecular formula is C22H26ClN3O4S. The Hall–Kier alpha value is -2.58. The van der Waals surface area contributed by atoms with E-state index in [0.29, 0.717) is 43.2 Å². The lowest BCUT2D eigenvalue weighted by Gasteiger charge is -2.33. The first-order chi connectivity index (χ1) is 14.7. The van der Waals surface area contributed by atoms with Crippen molar-refractivity contribution < 1.29 is 18.0 Å². The van der Waals surface area contributed by atoms with E-state index in [9.17, 15) is 18.0 Å². The zero-order valence-corrected chi connectivity index (χ0v) is 18.9. The lowest BCUT2D eigenvalue weighted by molar-refractivity contribution is -0.134. The number of piperidine rings is 1. The van der Waals surface area contributed by atoms with Gasteiger partial charge in [0.25, 0.3) is 0 Å². The van der Waals surface area contributed by atoms with Gasteiger partial charge in [0, 0.05) is 30.6 Å². The van der Waals surface area contributed by atoms with Crippen LogP contribution in [0.1, 0.15) is 18.4 Å². The lowest BCUT2D eigenvalue weighted by Crippen LogP contribution is -2.47. The molecule has 0 aliphatic carbocycles. The predicted octanol–water partition coefficient (Wildman–Crippen LogP) is 2.66. The summed E-state index contributed by atoms with van der Waals surface area (Å²) in [6, 6.07) is 16.1. The summed E-state index contributed by atoms with van der Waals surface area (Å²) in [6.45, 7) is 0.997. The van der Waals surface area contributed by atoms with Crippen molar-refractivity contribution in [3.8, 4) is 0 Å². The van der Waals surface area contributed by atoms with Crippen molar-refractivity contribution in [2.45, 2.75) is 19.4 Å². The molecule has 1 saturated heterocycles. The second-order valence-corrected chi connectivity index (χ2v) is 9.95. The minimum absolute atomic E-state index is 0.0207. The minimum atomic E-state index is -3.66. The second-order valence-electron chi connectivity index (χ2n) is 7.61. The molecule has 9 heteroatoms. The third-order valence-electron chi connectivity index (χ3n) is 5.30. The van der Waals surface area contributed by atoms with E-state index in [1.54, 1.807) is 23.1 Å². The zero-order valence-electron chi connectivity index (χ0n) is 17.3. The summed E-state index contributed by atoms with van der Waals surface area (Å²) in [6.07, 6.45) is 2.15. The molecule has 2 amide bonds. The van der Waals surface area contributed by atoms with Gasteiger partial charge in [0.15, 0.2) is 0 Å². The molecule has 166 valence electrons. The van der Waals surface area contributed by atoms with Crippen molar-refractivity contribution in [1.29, 1.82) is 0 Å². The lowest BCUT2D eigenvalue weighted by atomic mass is 9.95. The van der Waals surface area contributed by atoms with Gasteiger partial charge in [-0.05, 0) is 36.6 Å². The Morgan fingerprint density at radius 2 is 1.77 bits per heavy atom. The van der Waals surface area contributed by atoms with Crippen molar-refractivity contribution in [3.63, 3.8) is 0 Å². The van der Waals surface area contributed by atoms with E-state index >= 15 is 0 Å². The van der Waals surface area contributed by atoms with Gasteiger partial charge in [0.2, 0.25) is 21.8 Å². The molecule has 3 rings (SSSR count). The zero-order chi connectivity index (χ0) is 22.4. The summed E-state index contributed by atoms with van der Waals surface area (Å²) in [5.41, 5.74) is 1.38. The molecule has 0 spiro atoms. The van der Waals surface area contributed by atoms with E-state index in [-0.39, 0.29) is 24.3 Å². The molecule has 0 bridgehead atoms. The molecule has 0 aromatic heterocycles. The van der Waals surface area contributed by atoms with Crippen LogP contribution in [0, 0.1) is 5.92 Å². The maximum Gasteiger partial charge on any atom is 0.243 e. The number of amides is 2. The third kappa shape index (κ3) is 6.45. The molecule has 2 aromatic carbocycles. The van der Waals surface area contributed by atoms with E-state index in [2.05, 4.69) is 5.32 Å². The molecule has 7 nitrogen and oxygen atoms in total. The van der Waals surface area contributed by atoms with Gasteiger partial charge < -0.3 is 10.2 Å². The molecule has 31 heavy (non-hydrogen) atoms. The molecule has 2 aromatic rings. The van der Waals surface area contributed by atoms with Crippen LogP contribution in [-0.2, 0) is 26.2 Å². The average molecular weight is 464 g/mol. The van der Waals surface area contributed by atoms with Gasteiger partial charge in [-0.1, -0.05) is 48.0 Å². The van der Waals surface area contributed by atoms with Gasteiger partial charge in [0.1, 0.15) is 6.54 Å². The van der Waals surface area contributed by atoms with Crippen LogP contribution in [0.5, 0.6) is 0 Å². The molecule has 1 heterocycles. The Morgan fingerprint density at radius 3 is 2.39 bits per heavy atom. The Kier molecular flexibility index (Phi) is 7.56. The van der Waals surface area contributed by atoms with Crippen LogP contribution in [0.15, 0.2) is 54.6 Å². The number of carbonyl (C=O) groups excluding carboxylic acids is 2. The summed E-state index contributed by atoms with van der Waals surface area (Å²) < 4.78 is 25.6. The summed E-state index contributed by atoms with van der Waals surface area (Å²) in [4.78, 5) is 26.9. The SMILES string of the molecule is CS(=O)(=O)N(CC(=O)N1CCC(C(=O)NCc2ccccc2)CC1)c1cccc(Cl)c1. The predicted molar refractivity (Wildman–Crippen MR) is 121 cm³/mol. The standard InChI is InChI=1S/C22H26ClN3O4S/c1-31(29,30)26(20-9-5-8-19(23)14-20)16-21(27)25-12-10-18(11-13-25)22(28)24-15-17-6-3-2-4-7-17/h2-9,14,18H,10-13,15-16H2,1H3,(H,24,28). The van der Waals surface area contributed by atoms with Gasteiger partial charge >= 0.3 is 0 Å². The van der Waals surface area contributed by atoms with Gasteiger partial charge in [-0.2, -0.15) is 0 Å². The fourth-order valence-corrected chi connectivity index (χ4v) is 4.60. The number of nitrogens with zero attached hydrogens (tertiary/aromatic N) is 2. The highest BCUT2D eigenvalue weighted by Crippen LogP contribution is 2.23. The van der Waals surface area contributed by atoms with Crippen LogP contribution >= 0.6 is 11.6 Å². The van der Waals surface area contributed by atoms with Crippen LogP contribution in [0.2, 0.25) is 5.02 Å². The molecule has 1 fully saturated rings. The maximum absolute atomic E-state index is 12.8. The van der Waals surface area contributed by atoms with Crippen molar-refractivity contribution in [2.24, 2.45) is 5.92 Å². The van der Waals surface area contributed by atoms with Gasteiger partial charge in [0.05, 0.1) is 11.9 Å². The Labute approximate surface area is 188 Å². The molecular weight excluding hydrogens is 438 g/mol. The molecule has 0 radical (unpaired) electrons. The van der Waals surface area contributed by atoms with Crippen LogP contribution in [0.4, 0.5) is 5.69 Å². The average Bonchev–Trinajstić information content (AvgIpc) is 2.75. The topological polar surface area (TPSA) is 86.8 Å². The first-order valence-electron chi connectivity index (χ1n) is 10.1. The number of hydrogen-bond donors (Lipinski definition) is 1. The fraction of sp³-hybridized carbons (Fsp3) is 0.364. The van der Waals surface area contributed by atoms with Gasteiger partial charge in [-0.25, -0.2) is 8.42 Å². The first kappa shape index (κ1) is 23.1. The summed E-state index contributed by atoms with van der Waals surface area (Å²) in [5, 5.41) is 3.34. The Balaban J connectivity index is 1.54. The van der Waals surface area contributed by atoms with Crippen molar-refractivity contribution in [3.05, 3.63) is 65.2 Å². The number of hydrogen-bond acceptors (Lipinski definition) is 4. The van der Waals surface area contributed by atoms with Crippen molar-refractivity contribution in [1.82, 2.24) is 10.2 Å². The van der Waals surface area contributed by atoms with E-state index < -0.39 is 10.0 Å². The minimum Gasteiger partial charge on any atom is -0.352 e. The summed E-state index contributed by atoms with van der Waals surface area (Å²) in [5.74, 6) is -0.479. The third-order valence-corrected chi connectivity index (χ3v) is 6.68. The number of halogens is 1. The number of sulfonamides is 1. The van der Waals surface area contributed by atoms with E-state index in [0.717, 1.165) is 16.1 Å². The maximum atomic E-state index is 12.8. The number of nitrogens with one attached hydrogen (secondary N) is 1. The number of anilines is 1. The Morgan fingerprint density at radius 1 is 1.10 bits per heavy atom. The van der Waals surface area contributed by atoms with Gasteiger partial charge in [-0.15, -0.1) is 0 Å². The molecule has 1 N–H and O–H groups in total. The molecule has 0 atom stereocenters. The van der Waals surface area contributed by atoms with Gasteiger partial charge in [-0.3, -0.25) is 13.9 Å². The van der Waals surface area contributed by atoms with Crippen molar-refractivity contribution >= 4 is 39.1 Å². The van der Waals surface area contributed by atoms with Crippen LogP contribution in [0.25, 0.3) is 0 Å². The van der Waals surface area contributed by atoms with E-state index in [4.69, 9.17) is 11.6 Å². The normalized spacial score (nSPS) is 14.8. The highest BCUT2D eigenvalue weighted by Gasteiger charge is 2.29. The summed E-state index contributed by atoms with van der Waals surface area (Å²) >= 11 is 5.98. The second kappa shape index (κ2) is 10.2. The van der Waals surface area contributed by atoms with E-state index in [1.165, 1.54) is 6.07 Å². The van der Waals surface area contributed by atoms with Crippen LogP contribution in [-0.4, -0.2) is 51.0 Å². The Bertz CT molecular complexity index is 1020. The highest BCUT2D eigenvalue weighted by molar-refractivity contribution is 7.92. The first-order valence-corrected chi connectivity index (χ1v) is 12.3. The molecule has 0 saturated carbocycles. The summed E-state index contributed by atoms with van der Waals surface area (Å²) in [7, 11) is -3.66. The quantitative estimate of drug-likeness (QED) is 0.683. The molecule has 0 unspecified atom stereocenters.